The van der Waals surface area contributed by atoms with E-state index >= 15 is 0 Å². The van der Waals surface area contributed by atoms with Gasteiger partial charge in [0.05, 0.1) is 23.2 Å². The van der Waals surface area contributed by atoms with Crippen LogP contribution in [0.4, 0.5) is 5.69 Å². The number of carbonyl (C=O) groups excluding carboxylic acids is 5. The van der Waals surface area contributed by atoms with Gasteiger partial charge in [-0.3, -0.25) is 24.0 Å². The molecule has 4 N–H and O–H groups in total. The van der Waals surface area contributed by atoms with Gasteiger partial charge in [-0.2, -0.15) is 0 Å². The van der Waals surface area contributed by atoms with Crippen molar-refractivity contribution in [1.82, 2.24) is 15.5 Å². The fourth-order valence-electron chi connectivity index (χ4n) is 3.82. The summed E-state index contributed by atoms with van der Waals surface area (Å²) in [7, 11) is 0. The number of carboxylic acids is 1. The Kier molecular flexibility index (Phi) is 10.4. The molecule has 2 rings (SSSR count). The van der Waals surface area contributed by atoms with Gasteiger partial charge in [-0.1, -0.05) is 25.4 Å². The van der Waals surface area contributed by atoms with E-state index in [1.54, 1.807) is 0 Å². The van der Waals surface area contributed by atoms with Crippen LogP contribution in [0.5, 0.6) is 0 Å². The van der Waals surface area contributed by atoms with Crippen molar-refractivity contribution in [3.8, 4) is 0 Å². The molecule has 0 aliphatic carbocycles. The topological polar surface area (TPSA) is 162 Å². The first-order valence-corrected chi connectivity index (χ1v) is 12.0. The van der Waals surface area contributed by atoms with Crippen LogP contribution >= 0.6 is 11.6 Å². The molecule has 12 heteroatoms. The van der Waals surface area contributed by atoms with Crippen LogP contribution in [0.15, 0.2) is 18.2 Å². The van der Waals surface area contributed by atoms with Gasteiger partial charge in [-0.15, -0.1) is 0 Å². The maximum atomic E-state index is 13.0. The molecule has 196 valence electrons. The summed E-state index contributed by atoms with van der Waals surface area (Å²) >= 11 is 6.22. The number of anilines is 1. The lowest BCUT2D eigenvalue weighted by atomic mass is 10.1. The van der Waals surface area contributed by atoms with Crippen LogP contribution in [0.2, 0.25) is 5.02 Å². The molecule has 1 fully saturated rings. The average molecular weight is 523 g/mol. The number of likely N-dealkylation sites (tertiary alicyclic amines) is 1. The number of hydrogen-bond acceptors (Lipinski definition) is 6. The lowest BCUT2D eigenvalue weighted by molar-refractivity contribution is -0.141. The molecule has 1 aromatic carbocycles. The summed E-state index contributed by atoms with van der Waals surface area (Å²) in [5.74, 6) is -2.96. The molecule has 1 unspecified atom stereocenters. The molecule has 36 heavy (non-hydrogen) atoms. The van der Waals surface area contributed by atoms with E-state index in [0.717, 1.165) is 0 Å². The first-order valence-electron chi connectivity index (χ1n) is 11.6. The number of rotatable bonds is 11. The van der Waals surface area contributed by atoms with E-state index < -0.39 is 48.2 Å². The van der Waals surface area contributed by atoms with Crippen LogP contribution in [-0.2, 0) is 24.0 Å². The van der Waals surface area contributed by atoms with Crippen molar-refractivity contribution in [2.75, 3.05) is 11.9 Å². The second kappa shape index (κ2) is 13.0. The first-order chi connectivity index (χ1) is 16.9. The lowest BCUT2D eigenvalue weighted by Gasteiger charge is -2.27. The summed E-state index contributed by atoms with van der Waals surface area (Å²) in [6, 6.07) is 1.30. The molecule has 4 amide bonds. The maximum Gasteiger partial charge on any atom is 0.305 e. The smallest absolute Gasteiger partial charge is 0.305 e. The van der Waals surface area contributed by atoms with Crippen LogP contribution in [0, 0.1) is 5.92 Å². The summed E-state index contributed by atoms with van der Waals surface area (Å²) in [5.41, 5.74) is 0.546. The average Bonchev–Trinajstić information content (AvgIpc) is 3.28. The van der Waals surface area contributed by atoms with Gasteiger partial charge in [0.15, 0.2) is 0 Å². The quantitative estimate of drug-likeness (QED) is 0.321. The maximum absolute atomic E-state index is 13.0. The molecule has 0 saturated carbocycles. The normalized spacial score (nSPS) is 16.7. The number of carbonyl (C=O) groups is 6. The molecule has 0 spiro atoms. The number of halogens is 1. The van der Waals surface area contributed by atoms with E-state index in [2.05, 4.69) is 16.0 Å². The Hall–Kier alpha value is -3.47. The second-order valence-corrected chi connectivity index (χ2v) is 9.48. The highest BCUT2D eigenvalue weighted by molar-refractivity contribution is 6.34. The van der Waals surface area contributed by atoms with E-state index in [4.69, 9.17) is 16.7 Å². The number of carboxylic acid groups (broad SMARTS) is 1. The van der Waals surface area contributed by atoms with Gasteiger partial charge in [0.2, 0.25) is 17.7 Å². The Labute approximate surface area is 213 Å². The third-order valence-electron chi connectivity index (χ3n) is 5.54. The van der Waals surface area contributed by atoms with Gasteiger partial charge < -0.3 is 30.8 Å². The summed E-state index contributed by atoms with van der Waals surface area (Å²) in [6.45, 7) is 5.58. The van der Waals surface area contributed by atoms with Gasteiger partial charge in [-0.05, 0) is 43.9 Å². The molecule has 1 aliphatic rings. The highest BCUT2D eigenvalue weighted by Gasteiger charge is 2.37. The third-order valence-corrected chi connectivity index (χ3v) is 5.85. The van der Waals surface area contributed by atoms with Crippen molar-refractivity contribution < 1.29 is 33.9 Å². The Morgan fingerprint density at radius 1 is 1.14 bits per heavy atom. The number of nitrogens with one attached hydrogen (secondary N) is 3. The van der Waals surface area contributed by atoms with Crippen molar-refractivity contribution >= 4 is 53.2 Å². The lowest BCUT2D eigenvalue weighted by Crippen LogP contribution is -2.54. The largest absolute Gasteiger partial charge is 0.481 e. The van der Waals surface area contributed by atoms with Crippen LogP contribution in [-0.4, -0.2) is 70.6 Å². The molecule has 0 bridgehead atoms. The molecule has 1 heterocycles. The standard InChI is InChI=1S/C24H31ClN4O7/c1-13(2)9-20(31)28-18-7-6-15(10-17(18)25)22(34)26-14(3)24(36)29-8-4-5-19(29)23(35)27-16(12-30)11-21(32)33/h6-7,10,12-14,16,19H,4-5,8-9,11H2,1-3H3,(H,26,34)(H,27,35)(H,28,31)(H,32,33)/t14-,16?,19-/m0/s1. The minimum Gasteiger partial charge on any atom is -0.481 e. The first kappa shape index (κ1) is 28.8. The molecule has 3 atom stereocenters. The minimum absolute atomic E-state index is 0.168. The number of aldehydes is 1. The fraction of sp³-hybridized carbons (Fsp3) is 0.500. The Morgan fingerprint density at radius 2 is 1.83 bits per heavy atom. The zero-order chi connectivity index (χ0) is 27.0. The van der Waals surface area contributed by atoms with E-state index in [1.165, 1.54) is 30.0 Å². The second-order valence-electron chi connectivity index (χ2n) is 9.07. The van der Waals surface area contributed by atoms with Crippen LogP contribution < -0.4 is 16.0 Å². The van der Waals surface area contributed by atoms with Crippen molar-refractivity contribution in [2.24, 2.45) is 5.92 Å². The number of nitrogens with zero attached hydrogens (tertiary/aromatic N) is 1. The summed E-state index contributed by atoms with van der Waals surface area (Å²) in [4.78, 5) is 73.5. The zero-order valence-corrected chi connectivity index (χ0v) is 21.1. The molecular weight excluding hydrogens is 492 g/mol. The number of benzene rings is 1. The van der Waals surface area contributed by atoms with Crippen LogP contribution in [0.25, 0.3) is 0 Å². The van der Waals surface area contributed by atoms with Crippen molar-refractivity contribution in [3.05, 3.63) is 28.8 Å². The monoisotopic (exact) mass is 522 g/mol. The molecule has 11 nitrogen and oxygen atoms in total. The predicted molar refractivity (Wildman–Crippen MR) is 131 cm³/mol. The number of amides is 4. The number of hydrogen-bond donors (Lipinski definition) is 4. The van der Waals surface area contributed by atoms with Gasteiger partial charge in [0.1, 0.15) is 18.4 Å². The van der Waals surface area contributed by atoms with Gasteiger partial charge in [0.25, 0.3) is 5.91 Å². The number of aliphatic carboxylic acids is 1. The highest BCUT2D eigenvalue weighted by Crippen LogP contribution is 2.24. The van der Waals surface area contributed by atoms with Crippen molar-refractivity contribution in [1.29, 1.82) is 0 Å². The van der Waals surface area contributed by atoms with Crippen LogP contribution in [0.3, 0.4) is 0 Å². The van der Waals surface area contributed by atoms with E-state index in [9.17, 15) is 28.8 Å². The molecule has 1 aliphatic heterocycles. The molecule has 1 aromatic rings. The third kappa shape index (κ3) is 8.04. The Bertz CT molecular complexity index is 1030. The van der Waals surface area contributed by atoms with Gasteiger partial charge >= 0.3 is 5.97 Å². The van der Waals surface area contributed by atoms with Gasteiger partial charge in [-0.25, -0.2) is 0 Å². The molecular formula is C24H31ClN4O7. The van der Waals surface area contributed by atoms with Crippen LogP contribution in [0.1, 0.15) is 56.8 Å². The van der Waals surface area contributed by atoms with Gasteiger partial charge in [0, 0.05) is 18.5 Å². The Morgan fingerprint density at radius 3 is 2.42 bits per heavy atom. The molecule has 0 radical (unpaired) electrons. The van der Waals surface area contributed by atoms with E-state index in [0.29, 0.717) is 31.2 Å². The summed E-state index contributed by atoms with van der Waals surface area (Å²) in [5, 5.41) is 16.6. The fourth-order valence-corrected chi connectivity index (χ4v) is 4.05. The molecule has 0 aromatic heterocycles. The summed E-state index contributed by atoms with van der Waals surface area (Å²) < 4.78 is 0. The predicted octanol–water partition coefficient (Wildman–Crippen LogP) is 1.59. The van der Waals surface area contributed by atoms with E-state index in [-0.39, 0.29) is 29.0 Å². The summed E-state index contributed by atoms with van der Waals surface area (Å²) in [6.07, 6.45) is 0.974. The van der Waals surface area contributed by atoms with E-state index in [1.807, 2.05) is 13.8 Å². The highest BCUT2D eigenvalue weighted by atomic mass is 35.5. The minimum atomic E-state index is -1.24. The Balaban J connectivity index is 2.01. The van der Waals surface area contributed by atoms with Crippen molar-refractivity contribution in [3.63, 3.8) is 0 Å². The van der Waals surface area contributed by atoms with Crippen molar-refractivity contribution in [2.45, 2.75) is 64.6 Å². The molecule has 1 saturated heterocycles. The zero-order valence-electron chi connectivity index (χ0n) is 20.4. The SMILES string of the molecule is CC(C)CC(=O)Nc1ccc(C(=O)N[C@@H](C)C(=O)N2CCC[C@H]2C(=O)NC(C=O)CC(=O)O)cc1Cl.